The number of rotatable bonds is 10. The van der Waals surface area contributed by atoms with Crippen LogP contribution in [0.25, 0.3) is 0 Å². The summed E-state index contributed by atoms with van der Waals surface area (Å²) in [5.41, 5.74) is 0.976. The lowest BCUT2D eigenvalue weighted by molar-refractivity contribution is -0.121. The molecule has 2 rings (SSSR count). The highest BCUT2D eigenvalue weighted by molar-refractivity contribution is 7.09. The summed E-state index contributed by atoms with van der Waals surface area (Å²) in [6.45, 7) is 9.72. The van der Waals surface area contributed by atoms with E-state index in [9.17, 15) is 9.18 Å². The lowest BCUT2D eigenvalue weighted by atomic mass is 10.1. The molecule has 1 amide bonds. The third-order valence-electron chi connectivity index (χ3n) is 4.39. The number of carbonyl (C=O) groups is 1. The standard InChI is InChI=1S/C20H29FN4OS/c1-5-15(4)25(11-10-19(26)22-13-14(2)3)20-23-18(24-27-20)12-16-6-8-17(21)9-7-16/h6-9,14-15H,5,10-13H2,1-4H3,(H,22,26). The highest BCUT2D eigenvalue weighted by Gasteiger charge is 2.19. The predicted molar refractivity (Wildman–Crippen MR) is 109 cm³/mol. The zero-order valence-electron chi connectivity index (χ0n) is 16.5. The molecule has 0 aliphatic heterocycles. The first-order chi connectivity index (χ1) is 12.9. The molecule has 1 aromatic carbocycles. The summed E-state index contributed by atoms with van der Waals surface area (Å²) >= 11 is 1.35. The Kier molecular flexibility index (Phi) is 8.16. The molecule has 0 radical (unpaired) electrons. The zero-order valence-corrected chi connectivity index (χ0v) is 17.4. The van der Waals surface area contributed by atoms with Gasteiger partial charge in [0, 0.05) is 43.5 Å². The Labute approximate surface area is 165 Å². The maximum absolute atomic E-state index is 13.0. The fourth-order valence-corrected chi connectivity index (χ4v) is 3.39. The Morgan fingerprint density at radius 1 is 1.26 bits per heavy atom. The van der Waals surface area contributed by atoms with Crippen LogP contribution in [0.3, 0.4) is 0 Å². The van der Waals surface area contributed by atoms with Gasteiger partial charge in [-0.25, -0.2) is 9.37 Å². The van der Waals surface area contributed by atoms with Crippen LogP contribution < -0.4 is 10.2 Å². The molecule has 0 saturated carbocycles. The van der Waals surface area contributed by atoms with Crippen LogP contribution in [0.15, 0.2) is 24.3 Å². The Morgan fingerprint density at radius 2 is 1.96 bits per heavy atom. The van der Waals surface area contributed by atoms with Crippen LogP contribution in [0, 0.1) is 11.7 Å². The smallest absolute Gasteiger partial charge is 0.221 e. The van der Waals surface area contributed by atoms with Crippen molar-refractivity contribution in [1.82, 2.24) is 14.7 Å². The number of benzene rings is 1. The van der Waals surface area contributed by atoms with Crippen molar-refractivity contribution in [2.45, 2.75) is 53.0 Å². The monoisotopic (exact) mass is 392 g/mol. The largest absolute Gasteiger partial charge is 0.356 e. The molecule has 148 valence electrons. The number of anilines is 1. The van der Waals surface area contributed by atoms with Gasteiger partial charge in [-0.15, -0.1) is 0 Å². The topological polar surface area (TPSA) is 58.1 Å². The van der Waals surface area contributed by atoms with E-state index in [1.807, 2.05) is 0 Å². The van der Waals surface area contributed by atoms with Gasteiger partial charge >= 0.3 is 0 Å². The maximum atomic E-state index is 13.0. The van der Waals surface area contributed by atoms with Gasteiger partial charge in [-0.2, -0.15) is 4.37 Å². The maximum Gasteiger partial charge on any atom is 0.221 e. The Bertz CT molecular complexity index is 717. The minimum absolute atomic E-state index is 0.0630. The number of nitrogens with zero attached hydrogens (tertiary/aromatic N) is 3. The van der Waals surface area contributed by atoms with Crippen LogP contribution in [0.1, 0.15) is 51.9 Å². The minimum atomic E-state index is -0.246. The van der Waals surface area contributed by atoms with Gasteiger partial charge in [0.2, 0.25) is 11.0 Å². The van der Waals surface area contributed by atoms with Gasteiger partial charge in [0.05, 0.1) is 0 Å². The quantitative estimate of drug-likeness (QED) is 0.663. The third kappa shape index (κ3) is 6.90. The molecule has 0 aliphatic rings. The van der Waals surface area contributed by atoms with E-state index >= 15 is 0 Å². The van der Waals surface area contributed by atoms with Crippen LogP contribution in [-0.4, -0.2) is 34.4 Å². The minimum Gasteiger partial charge on any atom is -0.356 e. The first-order valence-electron chi connectivity index (χ1n) is 9.49. The molecule has 27 heavy (non-hydrogen) atoms. The van der Waals surface area contributed by atoms with Gasteiger partial charge in [-0.1, -0.05) is 32.9 Å². The predicted octanol–water partition coefficient (Wildman–Crippen LogP) is 4.04. The number of hydrogen-bond acceptors (Lipinski definition) is 5. The van der Waals surface area contributed by atoms with Crippen molar-refractivity contribution in [3.05, 3.63) is 41.5 Å². The molecule has 5 nitrogen and oxygen atoms in total. The molecule has 0 aliphatic carbocycles. The Morgan fingerprint density at radius 3 is 2.59 bits per heavy atom. The summed E-state index contributed by atoms with van der Waals surface area (Å²) in [4.78, 5) is 18.9. The van der Waals surface area contributed by atoms with Gasteiger partial charge in [-0.05, 0) is 37.0 Å². The number of amides is 1. The number of hydrogen-bond donors (Lipinski definition) is 1. The summed E-state index contributed by atoms with van der Waals surface area (Å²) < 4.78 is 17.5. The number of halogens is 1. The highest BCUT2D eigenvalue weighted by atomic mass is 32.1. The molecule has 1 aromatic heterocycles. The average molecular weight is 393 g/mol. The second kappa shape index (κ2) is 10.3. The molecular formula is C20H29FN4OS. The normalized spacial score (nSPS) is 12.2. The highest BCUT2D eigenvalue weighted by Crippen LogP contribution is 2.22. The second-order valence-corrected chi connectivity index (χ2v) is 7.93. The van der Waals surface area contributed by atoms with Crippen molar-refractivity contribution in [1.29, 1.82) is 0 Å². The van der Waals surface area contributed by atoms with Gasteiger partial charge < -0.3 is 10.2 Å². The fourth-order valence-electron chi connectivity index (χ4n) is 2.57. The van der Waals surface area contributed by atoms with E-state index in [0.29, 0.717) is 31.8 Å². The number of aromatic nitrogens is 2. The summed E-state index contributed by atoms with van der Waals surface area (Å²) in [5.74, 6) is 0.980. The van der Waals surface area contributed by atoms with E-state index in [0.717, 1.165) is 22.9 Å². The van der Waals surface area contributed by atoms with Crippen molar-refractivity contribution in [2.24, 2.45) is 5.92 Å². The molecule has 0 fully saturated rings. The molecule has 1 heterocycles. The van der Waals surface area contributed by atoms with E-state index in [4.69, 9.17) is 0 Å². The lowest BCUT2D eigenvalue weighted by Crippen LogP contribution is -2.37. The van der Waals surface area contributed by atoms with E-state index in [2.05, 4.69) is 47.3 Å². The third-order valence-corrected chi connectivity index (χ3v) is 5.18. The van der Waals surface area contributed by atoms with Crippen molar-refractivity contribution < 1.29 is 9.18 Å². The molecule has 0 saturated heterocycles. The van der Waals surface area contributed by atoms with Crippen LogP contribution in [0.2, 0.25) is 0 Å². The summed E-state index contributed by atoms with van der Waals surface area (Å²) in [6, 6.07) is 6.67. The van der Waals surface area contributed by atoms with Crippen molar-refractivity contribution in [3.8, 4) is 0 Å². The fraction of sp³-hybridized carbons (Fsp3) is 0.550. The molecule has 1 unspecified atom stereocenters. The van der Waals surface area contributed by atoms with E-state index < -0.39 is 0 Å². The van der Waals surface area contributed by atoms with Gasteiger partial charge in [0.25, 0.3) is 0 Å². The van der Waals surface area contributed by atoms with Crippen LogP contribution in [0.4, 0.5) is 9.52 Å². The van der Waals surface area contributed by atoms with Crippen molar-refractivity contribution in [2.75, 3.05) is 18.0 Å². The average Bonchev–Trinajstić information content (AvgIpc) is 3.10. The molecule has 0 spiro atoms. The molecule has 1 N–H and O–H groups in total. The summed E-state index contributed by atoms with van der Waals surface area (Å²) in [6.07, 6.45) is 1.96. The van der Waals surface area contributed by atoms with E-state index in [1.54, 1.807) is 12.1 Å². The molecule has 2 aromatic rings. The van der Waals surface area contributed by atoms with Gasteiger partial charge in [0.1, 0.15) is 11.6 Å². The number of carbonyl (C=O) groups excluding carboxylic acids is 1. The number of nitrogens with one attached hydrogen (secondary N) is 1. The first kappa shape index (κ1) is 21.3. The molecule has 7 heteroatoms. The molecule has 1 atom stereocenters. The SMILES string of the molecule is CCC(C)N(CCC(=O)NCC(C)C)c1nc(Cc2ccc(F)cc2)ns1. The Balaban J connectivity index is 2.00. The summed E-state index contributed by atoms with van der Waals surface area (Å²) in [5, 5.41) is 3.79. The first-order valence-corrected chi connectivity index (χ1v) is 10.3. The van der Waals surface area contributed by atoms with Crippen molar-refractivity contribution >= 4 is 22.6 Å². The lowest BCUT2D eigenvalue weighted by Gasteiger charge is -2.27. The summed E-state index contributed by atoms with van der Waals surface area (Å²) in [7, 11) is 0. The molecule has 0 bridgehead atoms. The second-order valence-electron chi connectivity index (χ2n) is 7.20. The van der Waals surface area contributed by atoms with Crippen LogP contribution in [0.5, 0.6) is 0 Å². The van der Waals surface area contributed by atoms with Crippen LogP contribution >= 0.6 is 11.5 Å². The Hall–Kier alpha value is -2.02. The van der Waals surface area contributed by atoms with Crippen molar-refractivity contribution in [3.63, 3.8) is 0 Å². The zero-order chi connectivity index (χ0) is 19.8. The molecular weight excluding hydrogens is 363 g/mol. The van der Waals surface area contributed by atoms with Crippen LogP contribution in [-0.2, 0) is 11.2 Å². The van der Waals surface area contributed by atoms with E-state index in [-0.39, 0.29) is 17.8 Å². The van der Waals surface area contributed by atoms with Gasteiger partial charge in [0.15, 0.2) is 0 Å². The van der Waals surface area contributed by atoms with Gasteiger partial charge in [-0.3, -0.25) is 4.79 Å². The van der Waals surface area contributed by atoms with E-state index in [1.165, 1.54) is 23.7 Å².